The number of benzene rings is 2. The highest BCUT2D eigenvalue weighted by atomic mass is 32.2. The number of carbonyl (C=O) groups excluding carboxylic acids is 1. The number of ether oxygens (including phenoxy) is 1. The first-order valence-electron chi connectivity index (χ1n) is 10.0. The first-order chi connectivity index (χ1) is 14.8. The summed E-state index contributed by atoms with van der Waals surface area (Å²) in [5, 5.41) is 1.48. The quantitative estimate of drug-likeness (QED) is 0.680. The average molecular weight is 465 g/mol. The largest absolute Gasteiger partial charge is 0.379 e. The Morgan fingerprint density at radius 1 is 1.06 bits per heavy atom. The number of nitrogens with zero attached hydrogens (tertiary/aromatic N) is 1. The summed E-state index contributed by atoms with van der Waals surface area (Å²) in [6, 6.07) is 12.1. The average Bonchev–Trinajstić information content (AvgIpc) is 3.07. The minimum absolute atomic E-state index is 0.0329. The predicted molar refractivity (Wildman–Crippen MR) is 114 cm³/mol. The standard InChI is InChI=1S/C21H24N2O6S2/c24-21(22-9-10-23-11-13-29-14-12-23)17-7-4-8-18-20(17)19(15-30(18,25)26)31(27,28)16-5-2-1-3-6-16/h1-8,19H,9-15H2,(H,22,24). The van der Waals surface area contributed by atoms with Gasteiger partial charge in [-0.25, -0.2) is 16.8 Å². The van der Waals surface area contributed by atoms with Crippen molar-refractivity contribution in [3.63, 3.8) is 0 Å². The normalized spacial score (nSPS) is 20.8. The lowest BCUT2D eigenvalue weighted by atomic mass is 10.0. The summed E-state index contributed by atoms with van der Waals surface area (Å²) in [7, 11) is -7.82. The maximum Gasteiger partial charge on any atom is 0.251 e. The van der Waals surface area contributed by atoms with E-state index in [1.54, 1.807) is 18.2 Å². The van der Waals surface area contributed by atoms with Crippen molar-refractivity contribution in [2.75, 3.05) is 45.1 Å². The lowest BCUT2D eigenvalue weighted by molar-refractivity contribution is 0.0383. The predicted octanol–water partition coefficient (Wildman–Crippen LogP) is 1.05. The van der Waals surface area contributed by atoms with Crippen LogP contribution in [0.2, 0.25) is 0 Å². The third-order valence-corrected chi connectivity index (χ3v) is 9.69. The molecule has 10 heteroatoms. The molecular formula is C21H24N2O6S2. The zero-order valence-electron chi connectivity index (χ0n) is 16.9. The molecule has 0 saturated carbocycles. The third kappa shape index (κ3) is 4.38. The Balaban J connectivity index is 1.63. The van der Waals surface area contributed by atoms with E-state index >= 15 is 0 Å². The molecule has 0 bridgehead atoms. The maximum atomic E-state index is 13.3. The maximum absolute atomic E-state index is 13.3. The number of hydrogen-bond acceptors (Lipinski definition) is 7. The molecule has 1 amide bonds. The van der Waals surface area contributed by atoms with Crippen molar-refractivity contribution in [2.45, 2.75) is 15.0 Å². The summed E-state index contributed by atoms with van der Waals surface area (Å²) < 4.78 is 57.3. The van der Waals surface area contributed by atoms with Gasteiger partial charge in [0.1, 0.15) is 5.25 Å². The number of morpholine rings is 1. The Hall–Kier alpha value is -2.27. The third-order valence-electron chi connectivity index (χ3n) is 5.60. The number of carbonyl (C=O) groups is 1. The minimum Gasteiger partial charge on any atom is -0.379 e. The van der Waals surface area contributed by atoms with Gasteiger partial charge in [0.2, 0.25) is 0 Å². The Bertz CT molecular complexity index is 1170. The lowest BCUT2D eigenvalue weighted by Crippen LogP contribution is -2.41. The summed E-state index contributed by atoms with van der Waals surface area (Å²) in [4.78, 5) is 15.0. The SMILES string of the molecule is O=C(NCCN1CCOCC1)c1cccc2c1C(S(=O)(=O)c1ccccc1)CS2(=O)=O. The number of hydrogen-bond donors (Lipinski definition) is 1. The molecule has 1 fully saturated rings. The van der Waals surface area contributed by atoms with Crippen LogP contribution in [0.3, 0.4) is 0 Å². The molecule has 1 atom stereocenters. The van der Waals surface area contributed by atoms with Crippen molar-refractivity contribution < 1.29 is 26.4 Å². The highest BCUT2D eigenvalue weighted by molar-refractivity contribution is 7.96. The monoisotopic (exact) mass is 464 g/mol. The van der Waals surface area contributed by atoms with Gasteiger partial charge < -0.3 is 10.1 Å². The van der Waals surface area contributed by atoms with Crippen LogP contribution in [0.5, 0.6) is 0 Å². The van der Waals surface area contributed by atoms with Crippen molar-refractivity contribution in [1.82, 2.24) is 10.2 Å². The van der Waals surface area contributed by atoms with Crippen LogP contribution in [0.1, 0.15) is 21.2 Å². The van der Waals surface area contributed by atoms with Crippen molar-refractivity contribution in [2.24, 2.45) is 0 Å². The zero-order valence-corrected chi connectivity index (χ0v) is 18.5. The molecule has 0 aromatic heterocycles. The molecule has 4 rings (SSSR count). The van der Waals surface area contributed by atoms with Gasteiger partial charge in [-0.05, 0) is 24.3 Å². The molecule has 2 heterocycles. The minimum atomic E-state index is -4.00. The molecule has 2 aliphatic heterocycles. The van der Waals surface area contributed by atoms with Gasteiger partial charge in [0, 0.05) is 37.3 Å². The molecule has 1 unspecified atom stereocenters. The van der Waals surface area contributed by atoms with Crippen LogP contribution in [0.15, 0.2) is 58.3 Å². The van der Waals surface area contributed by atoms with Gasteiger partial charge in [-0.1, -0.05) is 24.3 Å². The van der Waals surface area contributed by atoms with E-state index in [0.717, 1.165) is 13.1 Å². The smallest absolute Gasteiger partial charge is 0.251 e. The Kier molecular flexibility index (Phi) is 6.16. The van der Waals surface area contributed by atoms with Crippen LogP contribution in [0.4, 0.5) is 0 Å². The van der Waals surface area contributed by atoms with Gasteiger partial charge in [-0.15, -0.1) is 0 Å². The molecular weight excluding hydrogens is 440 g/mol. The summed E-state index contributed by atoms with van der Waals surface area (Å²) in [6.07, 6.45) is 0. The van der Waals surface area contributed by atoms with E-state index in [0.29, 0.717) is 26.3 Å². The number of amides is 1. The van der Waals surface area contributed by atoms with Crippen LogP contribution >= 0.6 is 0 Å². The van der Waals surface area contributed by atoms with E-state index in [1.807, 2.05) is 0 Å². The molecule has 8 nitrogen and oxygen atoms in total. The van der Waals surface area contributed by atoms with Gasteiger partial charge in [0.15, 0.2) is 19.7 Å². The second-order valence-corrected chi connectivity index (χ2v) is 11.7. The molecule has 2 aromatic rings. The van der Waals surface area contributed by atoms with Crippen LogP contribution in [0, 0.1) is 0 Å². The number of fused-ring (bicyclic) bond motifs is 1. The molecule has 0 spiro atoms. The van der Waals surface area contributed by atoms with E-state index in [9.17, 15) is 21.6 Å². The second kappa shape index (κ2) is 8.70. The number of rotatable bonds is 6. The summed E-state index contributed by atoms with van der Waals surface area (Å²) in [5.41, 5.74) is 0.153. The van der Waals surface area contributed by atoms with Crippen molar-refractivity contribution in [3.8, 4) is 0 Å². The second-order valence-electron chi connectivity index (χ2n) is 7.56. The van der Waals surface area contributed by atoms with E-state index in [2.05, 4.69) is 10.2 Å². The fraction of sp³-hybridized carbons (Fsp3) is 0.381. The molecule has 0 aliphatic carbocycles. The van der Waals surface area contributed by atoms with Gasteiger partial charge in [-0.2, -0.15) is 0 Å². The molecule has 1 saturated heterocycles. The van der Waals surface area contributed by atoms with E-state index in [-0.39, 0.29) is 20.9 Å². The van der Waals surface area contributed by atoms with Crippen molar-refractivity contribution in [1.29, 1.82) is 0 Å². The van der Waals surface area contributed by atoms with Gasteiger partial charge in [0.25, 0.3) is 5.91 Å². The van der Waals surface area contributed by atoms with Gasteiger partial charge in [0.05, 0.1) is 28.8 Å². The van der Waals surface area contributed by atoms with Crippen molar-refractivity contribution >= 4 is 25.6 Å². The zero-order chi connectivity index (χ0) is 22.1. The number of sulfone groups is 2. The first kappa shape index (κ1) is 21.9. The van der Waals surface area contributed by atoms with E-state index in [1.165, 1.54) is 30.3 Å². The molecule has 166 valence electrons. The van der Waals surface area contributed by atoms with Gasteiger partial charge >= 0.3 is 0 Å². The summed E-state index contributed by atoms with van der Waals surface area (Å²) in [5.74, 6) is -1.05. The fourth-order valence-corrected chi connectivity index (χ4v) is 8.36. The first-order valence-corrected chi connectivity index (χ1v) is 13.2. The van der Waals surface area contributed by atoms with Gasteiger partial charge in [-0.3, -0.25) is 9.69 Å². The summed E-state index contributed by atoms with van der Waals surface area (Å²) >= 11 is 0. The van der Waals surface area contributed by atoms with Crippen LogP contribution in [0.25, 0.3) is 0 Å². The van der Waals surface area contributed by atoms with Crippen LogP contribution in [-0.4, -0.2) is 72.8 Å². The van der Waals surface area contributed by atoms with Crippen molar-refractivity contribution in [3.05, 3.63) is 59.7 Å². The topological polar surface area (TPSA) is 110 Å². The molecule has 1 N–H and O–H groups in total. The number of nitrogens with one attached hydrogen (secondary N) is 1. The lowest BCUT2D eigenvalue weighted by Gasteiger charge is -2.26. The van der Waals surface area contributed by atoms with Crippen LogP contribution in [-0.2, 0) is 24.4 Å². The highest BCUT2D eigenvalue weighted by Gasteiger charge is 2.45. The highest BCUT2D eigenvalue weighted by Crippen LogP contribution is 2.42. The molecule has 2 aromatic carbocycles. The molecule has 31 heavy (non-hydrogen) atoms. The Labute approximate surface area is 182 Å². The Morgan fingerprint density at radius 3 is 2.48 bits per heavy atom. The fourth-order valence-electron chi connectivity index (χ4n) is 3.98. The molecule has 0 radical (unpaired) electrons. The van der Waals surface area contributed by atoms with E-state index in [4.69, 9.17) is 4.74 Å². The van der Waals surface area contributed by atoms with Crippen LogP contribution < -0.4 is 5.32 Å². The Morgan fingerprint density at radius 2 is 1.77 bits per heavy atom. The van der Waals surface area contributed by atoms with E-state index < -0.39 is 36.6 Å². The molecule has 2 aliphatic rings. The summed E-state index contributed by atoms with van der Waals surface area (Å²) in [6.45, 7) is 3.87.